The molecule has 0 spiro atoms. The lowest BCUT2D eigenvalue weighted by atomic mass is 10.1. The average Bonchev–Trinajstić information content (AvgIpc) is 2.89. The Morgan fingerprint density at radius 2 is 1.47 bits per heavy atom. The minimum absolute atomic E-state index is 0.353. The summed E-state index contributed by atoms with van der Waals surface area (Å²) in [5.41, 5.74) is 1.06. The van der Waals surface area contributed by atoms with Gasteiger partial charge in [0, 0.05) is 44.4 Å². The van der Waals surface area contributed by atoms with Crippen molar-refractivity contribution < 1.29 is 37.7 Å². The first-order valence-electron chi connectivity index (χ1n) is 11.0. The van der Waals surface area contributed by atoms with Crippen molar-refractivity contribution in [2.24, 2.45) is 0 Å². The molecular weight excluding hydrogens is 488 g/mol. The third-order valence-electron chi connectivity index (χ3n) is 5.76. The van der Waals surface area contributed by atoms with Crippen molar-refractivity contribution >= 4 is 32.7 Å². The number of hydrogen-bond donors (Lipinski definition) is 2. The zero-order chi connectivity index (χ0) is 26.3. The number of fused-ring (bicyclic) bond motifs is 1. The molecule has 0 bridgehead atoms. The molecule has 36 heavy (non-hydrogen) atoms. The van der Waals surface area contributed by atoms with Gasteiger partial charge in [-0.3, -0.25) is 4.90 Å². The Labute approximate surface area is 209 Å². The highest BCUT2D eigenvalue weighted by molar-refractivity contribution is 7.89. The fraction of sp³-hybridized carbons (Fsp3) is 0.280. The van der Waals surface area contributed by atoms with E-state index in [1.165, 1.54) is 0 Å². The summed E-state index contributed by atoms with van der Waals surface area (Å²) in [5, 5.41) is 16.8. The molecule has 1 fully saturated rings. The number of piperazine rings is 1. The second-order valence-corrected chi connectivity index (χ2v) is 9.92. The van der Waals surface area contributed by atoms with Gasteiger partial charge in [-0.25, -0.2) is 18.0 Å². The predicted molar refractivity (Wildman–Crippen MR) is 133 cm³/mol. The van der Waals surface area contributed by atoms with Crippen molar-refractivity contribution in [1.29, 1.82) is 0 Å². The van der Waals surface area contributed by atoms with Crippen LogP contribution in [0.4, 0.5) is 0 Å². The smallest absolute Gasteiger partial charge is 0.414 e. The Morgan fingerprint density at radius 3 is 2.06 bits per heavy atom. The van der Waals surface area contributed by atoms with Crippen LogP contribution < -0.4 is 9.47 Å². The summed E-state index contributed by atoms with van der Waals surface area (Å²) in [5.74, 6) is -2.12. The van der Waals surface area contributed by atoms with Gasteiger partial charge in [0.1, 0.15) is 11.5 Å². The number of nitrogens with zero attached hydrogens (tertiary/aromatic N) is 2. The zero-order valence-electron chi connectivity index (χ0n) is 20.0. The summed E-state index contributed by atoms with van der Waals surface area (Å²) in [6, 6.07) is 18.9. The summed E-state index contributed by atoms with van der Waals surface area (Å²) in [4.78, 5) is 20.8. The summed E-state index contributed by atoms with van der Waals surface area (Å²) < 4.78 is 38.6. The van der Waals surface area contributed by atoms with E-state index in [0.717, 1.165) is 27.8 Å². The van der Waals surface area contributed by atoms with Gasteiger partial charge in [0.2, 0.25) is 10.0 Å². The number of methoxy groups -OCH3 is 2. The monoisotopic (exact) mass is 516 g/mol. The first-order valence-corrected chi connectivity index (χ1v) is 12.5. The second-order valence-electron chi connectivity index (χ2n) is 7.98. The van der Waals surface area contributed by atoms with Crippen LogP contribution in [0.1, 0.15) is 5.56 Å². The quantitative estimate of drug-likeness (QED) is 0.474. The minimum Gasteiger partial charge on any atom is -0.497 e. The number of ether oxygens (including phenoxy) is 2. The summed E-state index contributed by atoms with van der Waals surface area (Å²) in [7, 11) is -0.232. The number of carbonyl (C=O) groups is 2. The van der Waals surface area contributed by atoms with Crippen molar-refractivity contribution in [3.8, 4) is 11.5 Å². The Balaban J connectivity index is 0.000000538. The van der Waals surface area contributed by atoms with Crippen LogP contribution in [-0.2, 0) is 26.2 Å². The van der Waals surface area contributed by atoms with Crippen molar-refractivity contribution in [1.82, 2.24) is 9.21 Å². The van der Waals surface area contributed by atoms with E-state index in [2.05, 4.69) is 4.90 Å². The number of sulfonamides is 1. The third kappa shape index (κ3) is 6.51. The van der Waals surface area contributed by atoms with E-state index in [-0.39, 0.29) is 0 Å². The fourth-order valence-corrected chi connectivity index (χ4v) is 5.29. The summed E-state index contributed by atoms with van der Waals surface area (Å²) in [6.45, 7) is 2.97. The number of hydrogen-bond acceptors (Lipinski definition) is 7. The van der Waals surface area contributed by atoms with E-state index < -0.39 is 22.0 Å². The Kier molecular flexibility index (Phi) is 8.86. The molecule has 0 aliphatic carbocycles. The molecule has 0 atom stereocenters. The van der Waals surface area contributed by atoms with Crippen molar-refractivity contribution in [3.63, 3.8) is 0 Å². The normalized spacial score (nSPS) is 14.5. The minimum atomic E-state index is -3.51. The summed E-state index contributed by atoms with van der Waals surface area (Å²) in [6.07, 6.45) is 0. The molecule has 1 heterocycles. The number of aliphatic carboxylic acids is 2. The Morgan fingerprint density at radius 1 is 0.833 bits per heavy atom. The van der Waals surface area contributed by atoms with Crippen LogP contribution in [0.5, 0.6) is 11.5 Å². The van der Waals surface area contributed by atoms with Gasteiger partial charge >= 0.3 is 11.9 Å². The molecule has 1 aliphatic rings. The van der Waals surface area contributed by atoms with Gasteiger partial charge in [0.05, 0.1) is 19.1 Å². The molecule has 1 aliphatic heterocycles. The highest BCUT2D eigenvalue weighted by Crippen LogP contribution is 2.27. The van der Waals surface area contributed by atoms with Crippen molar-refractivity contribution in [3.05, 3.63) is 66.2 Å². The highest BCUT2D eigenvalue weighted by atomic mass is 32.2. The maximum atomic E-state index is 13.1. The molecule has 0 amide bonds. The van der Waals surface area contributed by atoms with Crippen molar-refractivity contribution in [2.45, 2.75) is 11.4 Å². The predicted octanol–water partition coefficient (Wildman–Crippen LogP) is 2.52. The highest BCUT2D eigenvalue weighted by Gasteiger charge is 2.29. The molecule has 0 unspecified atom stereocenters. The standard InChI is InChI=1S/C23H26N2O4S.C2H2O4/c1-28-21-9-7-20(23(16-21)29-2)17-24-11-13-25(14-12-24)30(26,27)22-10-8-18-5-3-4-6-19(18)15-22;3-1(4)2(5)6/h3-10,15-16H,11-14,17H2,1-2H3;(H,3,4)(H,5,6). The van der Waals surface area contributed by atoms with Gasteiger partial charge < -0.3 is 19.7 Å². The van der Waals surface area contributed by atoms with Crippen LogP contribution in [0.25, 0.3) is 10.8 Å². The third-order valence-corrected chi connectivity index (χ3v) is 7.66. The molecule has 1 saturated heterocycles. The van der Waals surface area contributed by atoms with Gasteiger partial charge in [-0.1, -0.05) is 36.4 Å². The van der Waals surface area contributed by atoms with Crippen LogP contribution in [0.2, 0.25) is 0 Å². The van der Waals surface area contributed by atoms with E-state index >= 15 is 0 Å². The molecule has 0 aromatic heterocycles. The molecule has 10 nitrogen and oxygen atoms in total. The largest absolute Gasteiger partial charge is 0.497 e. The van der Waals surface area contributed by atoms with Crippen LogP contribution in [0.15, 0.2) is 65.6 Å². The lowest BCUT2D eigenvalue weighted by Crippen LogP contribution is -2.48. The molecule has 0 radical (unpaired) electrons. The Hall–Kier alpha value is -3.67. The van der Waals surface area contributed by atoms with Crippen LogP contribution in [0, 0.1) is 0 Å². The molecule has 2 N–H and O–H groups in total. The molecular formula is C25H28N2O8S. The molecule has 11 heteroatoms. The average molecular weight is 517 g/mol. The molecule has 3 aromatic rings. The van der Waals surface area contributed by atoms with Crippen LogP contribution in [-0.4, -0.2) is 80.2 Å². The second kappa shape index (κ2) is 11.8. The van der Waals surface area contributed by atoms with Crippen molar-refractivity contribution in [2.75, 3.05) is 40.4 Å². The maximum absolute atomic E-state index is 13.1. The SMILES string of the molecule is COc1ccc(CN2CCN(S(=O)(=O)c3ccc4ccccc4c3)CC2)c(OC)c1.O=C(O)C(=O)O. The van der Waals surface area contributed by atoms with Gasteiger partial charge in [-0.2, -0.15) is 4.31 Å². The fourth-order valence-electron chi connectivity index (χ4n) is 3.83. The number of rotatable bonds is 6. The van der Waals surface area contributed by atoms with E-state index in [4.69, 9.17) is 29.3 Å². The van der Waals surface area contributed by atoms with Gasteiger partial charge in [-0.15, -0.1) is 0 Å². The van der Waals surface area contributed by atoms with E-state index in [1.54, 1.807) is 30.7 Å². The van der Waals surface area contributed by atoms with Gasteiger partial charge in [0.15, 0.2) is 0 Å². The van der Waals surface area contributed by atoms with E-state index in [9.17, 15) is 8.42 Å². The first kappa shape index (κ1) is 26.9. The summed E-state index contributed by atoms with van der Waals surface area (Å²) >= 11 is 0. The van der Waals surface area contributed by atoms with E-state index in [1.807, 2.05) is 48.5 Å². The number of benzene rings is 3. The number of carboxylic acid groups (broad SMARTS) is 2. The lowest BCUT2D eigenvalue weighted by molar-refractivity contribution is -0.159. The first-order chi connectivity index (χ1) is 17.1. The molecule has 0 saturated carbocycles. The topological polar surface area (TPSA) is 134 Å². The molecule has 192 valence electrons. The molecule has 4 rings (SSSR count). The van der Waals surface area contributed by atoms with E-state index in [0.29, 0.717) is 37.6 Å². The van der Waals surface area contributed by atoms with Gasteiger partial charge in [0.25, 0.3) is 0 Å². The van der Waals surface area contributed by atoms with Gasteiger partial charge in [-0.05, 0) is 29.0 Å². The number of carboxylic acids is 2. The van der Waals surface area contributed by atoms with Crippen LogP contribution in [0.3, 0.4) is 0 Å². The zero-order valence-corrected chi connectivity index (χ0v) is 20.8. The Bertz CT molecular complexity index is 1320. The lowest BCUT2D eigenvalue weighted by Gasteiger charge is -2.34. The molecule has 3 aromatic carbocycles. The maximum Gasteiger partial charge on any atom is 0.414 e. The van der Waals surface area contributed by atoms with Crippen LogP contribution >= 0.6 is 0 Å².